The van der Waals surface area contributed by atoms with Gasteiger partial charge in [0.2, 0.25) is 5.91 Å². The summed E-state index contributed by atoms with van der Waals surface area (Å²) in [4.78, 5) is 16.4. The first-order valence-corrected chi connectivity index (χ1v) is 18.5. The average Bonchev–Trinajstić information content (AvgIpc) is 3.95. The maximum atomic E-state index is 14.4. The molecule has 0 bridgehead atoms. The molecule has 0 aromatic heterocycles. The number of carbonyl (C=O) groups excluding carboxylic acids is 1. The maximum Gasteiger partial charge on any atom is 0.411 e. The number of aryl methyl sites for hydroxylation is 2. The quantitative estimate of drug-likeness (QED) is 0.123. The van der Waals surface area contributed by atoms with E-state index in [0.29, 0.717) is 53.6 Å². The van der Waals surface area contributed by atoms with Gasteiger partial charge in [-0.1, -0.05) is 41.4 Å². The number of benzene rings is 3. The van der Waals surface area contributed by atoms with Crippen molar-refractivity contribution >= 4 is 29.1 Å². The Morgan fingerprint density at radius 1 is 0.865 bits per heavy atom. The number of methoxy groups -OCH3 is 1. The van der Waals surface area contributed by atoms with E-state index in [-0.39, 0.29) is 43.6 Å². The normalized spacial score (nSPS) is 17.5. The summed E-state index contributed by atoms with van der Waals surface area (Å²) in [7, 11) is 1.65. The second kappa shape index (κ2) is 19.2. The Bertz CT molecular complexity index is 1580. The first kappa shape index (κ1) is 40.0. The van der Waals surface area contributed by atoms with Crippen LogP contribution in [0.3, 0.4) is 0 Å². The second-order valence-corrected chi connectivity index (χ2v) is 14.1. The fraction of sp³-hybridized carbons (Fsp3) is 0.513. The third-order valence-electron chi connectivity index (χ3n) is 9.07. The summed E-state index contributed by atoms with van der Waals surface area (Å²) in [5.74, 6) is 1.57. The summed E-state index contributed by atoms with van der Waals surface area (Å²) < 4.78 is 64.9. The molecule has 0 radical (unpaired) electrons. The van der Waals surface area contributed by atoms with Crippen molar-refractivity contribution in [3.63, 3.8) is 0 Å². The van der Waals surface area contributed by atoms with Crippen LogP contribution in [-0.4, -0.2) is 82.9 Å². The van der Waals surface area contributed by atoms with Crippen LogP contribution < -0.4 is 19.5 Å². The van der Waals surface area contributed by atoms with Gasteiger partial charge in [-0.2, -0.15) is 13.2 Å². The Labute approximate surface area is 313 Å². The van der Waals surface area contributed by atoms with Crippen LogP contribution >= 0.6 is 23.2 Å². The number of carbonyl (C=O) groups is 1. The molecule has 2 aliphatic rings. The summed E-state index contributed by atoms with van der Waals surface area (Å²) in [6.45, 7) is 3.36. The van der Waals surface area contributed by atoms with Gasteiger partial charge in [0.05, 0.1) is 22.6 Å². The number of hydrogen-bond donors (Lipinski definition) is 1. The molecule has 3 aromatic rings. The Balaban J connectivity index is 1.22. The van der Waals surface area contributed by atoms with E-state index < -0.39 is 12.8 Å². The molecule has 284 valence electrons. The van der Waals surface area contributed by atoms with Crippen LogP contribution in [0.5, 0.6) is 17.2 Å². The highest BCUT2D eigenvalue weighted by atomic mass is 35.5. The molecule has 52 heavy (non-hydrogen) atoms. The zero-order chi connectivity index (χ0) is 37.1. The van der Waals surface area contributed by atoms with Gasteiger partial charge in [0, 0.05) is 32.8 Å². The van der Waals surface area contributed by atoms with Crippen LogP contribution in [0.15, 0.2) is 54.6 Å². The number of piperidine rings is 1. The lowest BCUT2D eigenvalue weighted by atomic mass is 9.80. The fourth-order valence-electron chi connectivity index (χ4n) is 6.51. The Morgan fingerprint density at radius 3 is 2.23 bits per heavy atom. The van der Waals surface area contributed by atoms with E-state index in [2.05, 4.69) is 11.4 Å². The van der Waals surface area contributed by atoms with Gasteiger partial charge in [-0.05, 0) is 110 Å². The Kier molecular flexibility index (Phi) is 14.8. The molecule has 5 rings (SSSR count). The summed E-state index contributed by atoms with van der Waals surface area (Å²) in [6.07, 6.45) is -0.142. The molecule has 1 aliphatic heterocycles. The van der Waals surface area contributed by atoms with Crippen LogP contribution in [0.25, 0.3) is 0 Å². The molecule has 1 heterocycles. The van der Waals surface area contributed by atoms with E-state index in [1.807, 2.05) is 48.2 Å². The standard InChI is InChI=1S/C39H47Cl2F3N2O6/c1-26-18-35(40)37(36(41)19-26)52-17-16-50-31-9-5-29(6-10-31)33-11-12-45-23-34(33)38(47)46(30-7-8-30)24-28-20-27(4-3-13-48-2)21-32(22-28)51-15-14-49-25-39(42,43)44/h5-6,9-10,18-22,30,33-34,45H,3-4,7-8,11-17,23-25H2,1-2H3. The van der Waals surface area contributed by atoms with Gasteiger partial charge in [-0.3, -0.25) is 4.79 Å². The van der Waals surface area contributed by atoms with Crippen molar-refractivity contribution in [2.45, 2.75) is 63.7 Å². The lowest BCUT2D eigenvalue weighted by Crippen LogP contribution is -2.47. The van der Waals surface area contributed by atoms with Crippen LogP contribution in [0.1, 0.15) is 53.9 Å². The smallest absolute Gasteiger partial charge is 0.411 e. The summed E-state index contributed by atoms with van der Waals surface area (Å²) in [5.41, 5.74) is 3.96. The first-order valence-electron chi connectivity index (χ1n) is 17.7. The van der Waals surface area contributed by atoms with Crippen LogP contribution in [0, 0.1) is 12.8 Å². The van der Waals surface area contributed by atoms with E-state index in [4.69, 9.17) is 46.9 Å². The molecule has 0 spiro atoms. The van der Waals surface area contributed by atoms with Crippen LogP contribution in [-0.2, 0) is 27.2 Å². The monoisotopic (exact) mass is 766 g/mol. The van der Waals surface area contributed by atoms with Gasteiger partial charge in [0.15, 0.2) is 5.75 Å². The number of halogens is 5. The molecule has 2 fully saturated rings. The fourth-order valence-corrected chi connectivity index (χ4v) is 7.22. The molecule has 1 N–H and O–H groups in total. The van der Waals surface area contributed by atoms with E-state index in [9.17, 15) is 18.0 Å². The highest BCUT2D eigenvalue weighted by molar-refractivity contribution is 6.37. The molecule has 2 unspecified atom stereocenters. The SMILES string of the molecule is COCCCc1cc(CN(C(=O)C2CNCCC2c2ccc(OCCOc3c(Cl)cc(C)cc3Cl)cc2)C2CC2)cc(OCCOCC(F)(F)F)c1. The van der Waals surface area contributed by atoms with Crippen molar-refractivity contribution in [2.75, 3.05) is 59.8 Å². The van der Waals surface area contributed by atoms with Gasteiger partial charge in [0.1, 0.15) is 37.9 Å². The molecule has 1 amide bonds. The third-order valence-corrected chi connectivity index (χ3v) is 9.64. The number of alkyl halides is 3. The lowest BCUT2D eigenvalue weighted by molar-refractivity contribution is -0.175. The largest absolute Gasteiger partial charge is 0.491 e. The van der Waals surface area contributed by atoms with E-state index in [1.54, 1.807) is 19.2 Å². The number of nitrogens with zero attached hydrogens (tertiary/aromatic N) is 1. The summed E-state index contributed by atoms with van der Waals surface area (Å²) in [6, 6.07) is 17.5. The number of rotatable bonds is 19. The highest BCUT2D eigenvalue weighted by Crippen LogP contribution is 2.37. The minimum Gasteiger partial charge on any atom is -0.491 e. The zero-order valence-electron chi connectivity index (χ0n) is 29.6. The molecule has 2 atom stereocenters. The molecular weight excluding hydrogens is 720 g/mol. The average molecular weight is 768 g/mol. The van der Waals surface area contributed by atoms with Crippen LogP contribution in [0.4, 0.5) is 13.2 Å². The molecule has 8 nitrogen and oxygen atoms in total. The molecule has 3 aromatic carbocycles. The van der Waals surface area contributed by atoms with Crippen molar-refractivity contribution in [2.24, 2.45) is 5.92 Å². The van der Waals surface area contributed by atoms with Crippen LogP contribution in [0.2, 0.25) is 10.0 Å². The zero-order valence-corrected chi connectivity index (χ0v) is 31.1. The third kappa shape index (κ3) is 12.2. The minimum absolute atomic E-state index is 0.0213. The number of nitrogens with one attached hydrogen (secondary N) is 1. The molecular formula is C39H47Cl2F3N2O6. The van der Waals surface area contributed by atoms with E-state index >= 15 is 0 Å². The van der Waals surface area contributed by atoms with Crippen molar-refractivity contribution < 1.29 is 41.7 Å². The molecule has 1 aliphatic carbocycles. The lowest BCUT2D eigenvalue weighted by Gasteiger charge is -2.36. The van der Waals surface area contributed by atoms with Crippen molar-refractivity contribution in [1.29, 1.82) is 0 Å². The van der Waals surface area contributed by atoms with Gasteiger partial charge in [0.25, 0.3) is 0 Å². The van der Waals surface area contributed by atoms with Gasteiger partial charge in [-0.25, -0.2) is 0 Å². The van der Waals surface area contributed by atoms with E-state index in [1.165, 1.54) is 0 Å². The van der Waals surface area contributed by atoms with Crippen molar-refractivity contribution in [1.82, 2.24) is 10.2 Å². The van der Waals surface area contributed by atoms with Gasteiger partial charge < -0.3 is 33.9 Å². The van der Waals surface area contributed by atoms with E-state index in [0.717, 1.165) is 60.9 Å². The van der Waals surface area contributed by atoms with Crippen molar-refractivity contribution in [3.8, 4) is 17.2 Å². The molecule has 1 saturated carbocycles. The first-order chi connectivity index (χ1) is 25.0. The topological polar surface area (TPSA) is 78.5 Å². The summed E-state index contributed by atoms with van der Waals surface area (Å²) in [5, 5.41) is 4.35. The Morgan fingerprint density at radius 2 is 1.54 bits per heavy atom. The molecule has 1 saturated heterocycles. The summed E-state index contributed by atoms with van der Waals surface area (Å²) >= 11 is 12.6. The van der Waals surface area contributed by atoms with Crippen molar-refractivity contribution in [3.05, 3.63) is 86.9 Å². The van der Waals surface area contributed by atoms with Gasteiger partial charge in [-0.15, -0.1) is 0 Å². The maximum absolute atomic E-state index is 14.4. The van der Waals surface area contributed by atoms with Gasteiger partial charge >= 0.3 is 6.18 Å². The highest BCUT2D eigenvalue weighted by Gasteiger charge is 2.40. The second-order valence-electron chi connectivity index (χ2n) is 13.3. The number of amides is 1. The predicted molar refractivity (Wildman–Crippen MR) is 195 cm³/mol. The number of hydrogen-bond acceptors (Lipinski definition) is 7. The Hall–Kier alpha value is -3.22. The minimum atomic E-state index is -4.39. The molecule has 13 heteroatoms. The number of ether oxygens (including phenoxy) is 5. The predicted octanol–water partition coefficient (Wildman–Crippen LogP) is 8.18.